The Morgan fingerprint density at radius 3 is 2.56 bits per heavy atom. The first-order valence-corrected chi connectivity index (χ1v) is 10.6. The Labute approximate surface area is 166 Å². The molecule has 0 spiro atoms. The van der Waals surface area contributed by atoms with Crippen LogP contribution in [0.2, 0.25) is 0 Å². The Morgan fingerprint density at radius 1 is 1.15 bits per heavy atom. The zero-order chi connectivity index (χ0) is 19.1. The monoisotopic (exact) mass is 384 g/mol. The number of benzene rings is 2. The molecule has 1 heterocycles. The van der Waals surface area contributed by atoms with Crippen LogP contribution in [0.1, 0.15) is 18.4 Å². The first-order valence-electron chi connectivity index (χ1n) is 9.42. The number of nitrogens with zero attached hydrogens (tertiary/aromatic N) is 1. The highest BCUT2D eigenvalue weighted by atomic mass is 32.2. The SMILES string of the molecule is COCC(=O)NC1CCN(Cc2cccc(-c3ccc(SC)cc3)c2)CC1. The zero-order valence-corrected chi connectivity index (χ0v) is 16.9. The number of methoxy groups -OCH3 is 1. The Balaban J connectivity index is 1.55. The minimum Gasteiger partial charge on any atom is -0.375 e. The van der Waals surface area contributed by atoms with E-state index in [0.717, 1.165) is 32.5 Å². The van der Waals surface area contributed by atoms with Gasteiger partial charge in [-0.05, 0) is 54.0 Å². The standard InChI is InChI=1S/C22H28N2O2S/c1-26-16-22(25)23-20-10-12-24(13-11-20)15-17-4-3-5-19(14-17)18-6-8-21(27-2)9-7-18/h3-9,14,20H,10-13,15-16H2,1-2H3,(H,23,25). The molecule has 0 bridgehead atoms. The summed E-state index contributed by atoms with van der Waals surface area (Å²) in [6.07, 6.45) is 4.08. The minimum atomic E-state index is -0.0175. The number of hydrogen-bond donors (Lipinski definition) is 1. The van der Waals surface area contributed by atoms with Crippen molar-refractivity contribution in [1.82, 2.24) is 10.2 Å². The second kappa shape index (κ2) is 9.93. The maximum absolute atomic E-state index is 11.6. The molecule has 2 aromatic carbocycles. The zero-order valence-electron chi connectivity index (χ0n) is 16.1. The van der Waals surface area contributed by atoms with Crippen LogP contribution in [0.15, 0.2) is 53.4 Å². The van der Waals surface area contributed by atoms with E-state index in [4.69, 9.17) is 4.74 Å². The van der Waals surface area contributed by atoms with Gasteiger partial charge in [-0.25, -0.2) is 0 Å². The molecule has 0 radical (unpaired) electrons. The van der Waals surface area contributed by atoms with Crippen molar-refractivity contribution in [3.63, 3.8) is 0 Å². The van der Waals surface area contributed by atoms with Gasteiger partial charge in [-0.1, -0.05) is 30.3 Å². The van der Waals surface area contributed by atoms with Crippen LogP contribution in [0.3, 0.4) is 0 Å². The topological polar surface area (TPSA) is 41.6 Å². The summed E-state index contributed by atoms with van der Waals surface area (Å²) in [6, 6.07) is 17.8. The fourth-order valence-electron chi connectivity index (χ4n) is 3.53. The van der Waals surface area contributed by atoms with E-state index < -0.39 is 0 Å². The summed E-state index contributed by atoms with van der Waals surface area (Å²) < 4.78 is 4.88. The number of carbonyl (C=O) groups excluding carboxylic acids is 1. The highest BCUT2D eigenvalue weighted by molar-refractivity contribution is 7.98. The van der Waals surface area contributed by atoms with Crippen molar-refractivity contribution in [3.05, 3.63) is 54.1 Å². The summed E-state index contributed by atoms with van der Waals surface area (Å²) in [6.45, 7) is 3.11. The average molecular weight is 385 g/mol. The summed E-state index contributed by atoms with van der Waals surface area (Å²) >= 11 is 1.77. The van der Waals surface area contributed by atoms with Gasteiger partial charge in [-0.2, -0.15) is 0 Å². The van der Waals surface area contributed by atoms with Crippen LogP contribution < -0.4 is 5.32 Å². The molecule has 0 atom stereocenters. The number of nitrogens with one attached hydrogen (secondary N) is 1. The number of rotatable bonds is 7. The molecule has 3 rings (SSSR count). The van der Waals surface area contributed by atoms with E-state index in [1.165, 1.54) is 21.6 Å². The van der Waals surface area contributed by atoms with E-state index >= 15 is 0 Å². The highest BCUT2D eigenvalue weighted by Crippen LogP contribution is 2.24. The average Bonchev–Trinajstić information content (AvgIpc) is 2.70. The quantitative estimate of drug-likeness (QED) is 0.737. The van der Waals surface area contributed by atoms with Crippen LogP contribution in [0.5, 0.6) is 0 Å². The maximum atomic E-state index is 11.6. The third kappa shape index (κ3) is 5.83. The van der Waals surface area contributed by atoms with Gasteiger partial charge in [0.2, 0.25) is 5.91 Å². The molecule has 0 aliphatic carbocycles. The van der Waals surface area contributed by atoms with Crippen molar-refractivity contribution < 1.29 is 9.53 Å². The van der Waals surface area contributed by atoms with Gasteiger partial charge >= 0.3 is 0 Å². The second-order valence-corrected chi connectivity index (χ2v) is 7.86. The van der Waals surface area contributed by atoms with Crippen LogP contribution in [0.25, 0.3) is 11.1 Å². The van der Waals surface area contributed by atoms with Gasteiger partial charge in [0, 0.05) is 37.7 Å². The van der Waals surface area contributed by atoms with E-state index in [0.29, 0.717) is 0 Å². The molecule has 1 amide bonds. The lowest BCUT2D eigenvalue weighted by atomic mass is 10.0. The normalized spacial score (nSPS) is 15.6. The largest absolute Gasteiger partial charge is 0.375 e. The van der Waals surface area contributed by atoms with Gasteiger partial charge in [0.25, 0.3) is 0 Å². The van der Waals surface area contributed by atoms with Crippen LogP contribution in [-0.4, -0.2) is 49.9 Å². The van der Waals surface area contributed by atoms with E-state index in [-0.39, 0.29) is 18.6 Å². The van der Waals surface area contributed by atoms with Crippen molar-refractivity contribution in [2.24, 2.45) is 0 Å². The molecule has 27 heavy (non-hydrogen) atoms. The lowest BCUT2D eigenvalue weighted by Crippen LogP contribution is -2.45. The number of thioether (sulfide) groups is 1. The molecule has 0 unspecified atom stereocenters. The number of amides is 1. The minimum absolute atomic E-state index is 0.0175. The van der Waals surface area contributed by atoms with E-state index in [9.17, 15) is 4.79 Å². The first-order chi connectivity index (χ1) is 13.2. The molecule has 1 aliphatic heterocycles. The number of likely N-dealkylation sites (tertiary alicyclic amines) is 1. The molecule has 144 valence electrons. The van der Waals surface area contributed by atoms with E-state index in [1.54, 1.807) is 18.9 Å². The molecule has 4 nitrogen and oxygen atoms in total. The van der Waals surface area contributed by atoms with E-state index in [2.05, 4.69) is 65.0 Å². The van der Waals surface area contributed by atoms with Crippen LogP contribution in [-0.2, 0) is 16.1 Å². The predicted octanol–water partition coefficient (Wildman–Crippen LogP) is 3.80. The Morgan fingerprint density at radius 2 is 1.89 bits per heavy atom. The Bertz CT molecular complexity index is 740. The number of carbonyl (C=O) groups is 1. The van der Waals surface area contributed by atoms with Gasteiger partial charge in [0.15, 0.2) is 0 Å². The second-order valence-electron chi connectivity index (χ2n) is 6.98. The lowest BCUT2D eigenvalue weighted by molar-refractivity contribution is -0.125. The molecule has 1 N–H and O–H groups in total. The van der Waals surface area contributed by atoms with E-state index in [1.807, 2.05) is 0 Å². The summed E-state index contributed by atoms with van der Waals surface area (Å²) in [4.78, 5) is 15.4. The number of hydrogen-bond acceptors (Lipinski definition) is 4. The van der Waals surface area contributed by atoms with Crippen LogP contribution in [0.4, 0.5) is 0 Å². The van der Waals surface area contributed by atoms with Crippen molar-refractivity contribution in [2.45, 2.75) is 30.3 Å². The smallest absolute Gasteiger partial charge is 0.246 e. The molecular formula is C22H28N2O2S. The molecule has 1 fully saturated rings. The van der Waals surface area contributed by atoms with Gasteiger partial charge in [0.05, 0.1) is 0 Å². The van der Waals surface area contributed by atoms with Crippen molar-refractivity contribution in [1.29, 1.82) is 0 Å². The lowest BCUT2D eigenvalue weighted by Gasteiger charge is -2.32. The summed E-state index contributed by atoms with van der Waals surface area (Å²) in [5, 5.41) is 3.05. The Kier molecular flexibility index (Phi) is 7.33. The number of piperidine rings is 1. The molecule has 5 heteroatoms. The third-order valence-electron chi connectivity index (χ3n) is 4.98. The summed E-state index contributed by atoms with van der Waals surface area (Å²) in [5.74, 6) is -0.0175. The summed E-state index contributed by atoms with van der Waals surface area (Å²) in [5.41, 5.74) is 3.86. The summed E-state index contributed by atoms with van der Waals surface area (Å²) in [7, 11) is 1.55. The fourth-order valence-corrected chi connectivity index (χ4v) is 3.94. The van der Waals surface area contributed by atoms with Gasteiger partial charge in [-0.15, -0.1) is 11.8 Å². The third-order valence-corrected chi connectivity index (χ3v) is 5.73. The number of ether oxygens (including phenoxy) is 1. The first kappa shape index (κ1) is 19.9. The van der Waals surface area contributed by atoms with Gasteiger partial charge in [-0.3, -0.25) is 9.69 Å². The molecular weight excluding hydrogens is 356 g/mol. The Hall–Kier alpha value is -1.82. The van der Waals surface area contributed by atoms with Crippen molar-refractivity contribution in [3.8, 4) is 11.1 Å². The van der Waals surface area contributed by atoms with Crippen molar-refractivity contribution in [2.75, 3.05) is 33.1 Å². The molecule has 1 aliphatic rings. The highest BCUT2D eigenvalue weighted by Gasteiger charge is 2.20. The van der Waals surface area contributed by atoms with Gasteiger partial charge in [0.1, 0.15) is 6.61 Å². The molecule has 1 saturated heterocycles. The molecule has 2 aromatic rings. The maximum Gasteiger partial charge on any atom is 0.246 e. The van der Waals surface area contributed by atoms with Crippen LogP contribution in [0, 0.1) is 0 Å². The van der Waals surface area contributed by atoms with Crippen LogP contribution >= 0.6 is 11.8 Å². The van der Waals surface area contributed by atoms with Gasteiger partial charge < -0.3 is 10.1 Å². The van der Waals surface area contributed by atoms with Crippen molar-refractivity contribution >= 4 is 17.7 Å². The molecule has 0 saturated carbocycles. The fraction of sp³-hybridized carbons (Fsp3) is 0.409. The molecule has 0 aromatic heterocycles. The predicted molar refractivity (Wildman–Crippen MR) is 112 cm³/mol.